The molecule has 0 atom stereocenters. The summed E-state index contributed by atoms with van der Waals surface area (Å²) in [6.45, 7) is 0.249. The van der Waals surface area contributed by atoms with Crippen molar-refractivity contribution >= 4 is 38.9 Å². The summed E-state index contributed by atoms with van der Waals surface area (Å²) < 4.78 is 11.3. The molecule has 2 heterocycles. The highest BCUT2D eigenvalue weighted by atomic mass is 79.9. The van der Waals surface area contributed by atoms with E-state index >= 15 is 0 Å². The van der Waals surface area contributed by atoms with Crippen molar-refractivity contribution in [2.75, 3.05) is 14.2 Å². The van der Waals surface area contributed by atoms with Gasteiger partial charge in [-0.2, -0.15) is 5.26 Å². The first kappa shape index (κ1) is 19.5. The average Bonchev–Trinajstić information content (AvgIpc) is 3.11. The van der Waals surface area contributed by atoms with Crippen molar-refractivity contribution in [2.45, 2.75) is 6.54 Å². The number of methoxy groups -OCH3 is 2. The topological polar surface area (TPSA) is 100 Å². The van der Waals surface area contributed by atoms with E-state index in [4.69, 9.17) is 9.47 Å². The zero-order valence-corrected chi connectivity index (χ0v) is 16.8. The number of H-pyrrole nitrogens is 1. The van der Waals surface area contributed by atoms with Crippen molar-refractivity contribution < 1.29 is 14.3 Å². The van der Waals surface area contributed by atoms with Crippen LogP contribution < -0.4 is 14.8 Å². The van der Waals surface area contributed by atoms with Crippen LogP contribution in [-0.2, 0) is 11.3 Å². The molecule has 0 spiro atoms. The number of fused-ring (bicyclic) bond motifs is 1. The monoisotopic (exact) mass is 440 g/mol. The Hall–Kier alpha value is -3.31. The molecule has 0 aliphatic heterocycles. The summed E-state index contributed by atoms with van der Waals surface area (Å²) in [7, 11) is 3.10. The van der Waals surface area contributed by atoms with Crippen LogP contribution in [0.4, 0.5) is 0 Å². The number of hydrogen-bond donors (Lipinski definition) is 2. The molecule has 3 aromatic rings. The molecule has 0 bridgehead atoms. The fraction of sp³-hybridized carbons (Fsp3) is 0.150. The van der Waals surface area contributed by atoms with E-state index < -0.39 is 5.91 Å². The third kappa shape index (κ3) is 4.15. The first-order chi connectivity index (χ1) is 13.5. The van der Waals surface area contributed by atoms with Gasteiger partial charge in [-0.1, -0.05) is 6.07 Å². The van der Waals surface area contributed by atoms with Gasteiger partial charge >= 0.3 is 0 Å². The van der Waals surface area contributed by atoms with Gasteiger partial charge in [-0.15, -0.1) is 0 Å². The van der Waals surface area contributed by atoms with Gasteiger partial charge in [0.05, 0.1) is 14.2 Å². The van der Waals surface area contributed by atoms with Crippen LogP contribution >= 0.6 is 15.9 Å². The van der Waals surface area contributed by atoms with E-state index in [2.05, 4.69) is 31.2 Å². The highest BCUT2D eigenvalue weighted by Gasteiger charge is 2.12. The summed E-state index contributed by atoms with van der Waals surface area (Å²) in [5.41, 5.74) is 2.21. The normalized spacial score (nSPS) is 11.1. The van der Waals surface area contributed by atoms with Gasteiger partial charge in [0.1, 0.15) is 17.3 Å². The molecule has 0 radical (unpaired) electrons. The molecule has 28 heavy (non-hydrogen) atoms. The standard InChI is InChI=1S/C20H17BrN4O3/c1-27-17-4-3-12(5-18(17)28-2)9-25-20(26)13(8-22)6-14-10-23-19-16(14)7-15(21)11-24-19/h3-7,10-11H,9H2,1-2H3,(H,23,24)(H,25,26)/b13-6+. The average molecular weight is 441 g/mol. The predicted molar refractivity (Wildman–Crippen MR) is 109 cm³/mol. The Labute approximate surface area is 170 Å². The number of nitrogens with one attached hydrogen (secondary N) is 2. The van der Waals surface area contributed by atoms with Crippen molar-refractivity contribution in [3.05, 3.63) is 57.8 Å². The summed E-state index contributed by atoms with van der Waals surface area (Å²) in [4.78, 5) is 19.7. The third-order valence-electron chi connectivity index (χ3n) is 4.10. The number of benzene rings is 1. The minimum atomic E-state index is -0.463. The highest BCUT2D eigenvalue weighted by Crippen LogP contribution is 2.27. The van der Waals surface area contributed by atoms with Gasteiger partial charge in [-0.05, 0) is 45.8 Å². The van der Waals surface area contributed by atoms with Gasteiger partial charge in [-0.25, -0.2) is 4.98 Å². The predicted octanol–water partition coefficient (Wildman–Crippen LogP) is 3.57. The lowest BCUT2D eigenvalue weighted by atomic mass is 10.1. The van der Waals surface area contributed by atoms with Gasteiger partial charge < -0.3 is 19.8 Å². The van der Waals surface area contributed by atoms with Crippen molar-refractivity contribution in [3.63, 3.8) is 0 Å². The zero-order chi connectivity index (χ0) is 20.1. The molecule has 0 aliphatic rings. The highest BCUT2D eigenvalue weighted by molar-refractivity contribution is 9.10. The van der Waals surface area contributed by atoms with Crippen LogP contribution in [0.3, 0.4) is 0 Å². The molecule has 1 amide bonds. The Morgan fingerprint density at radius 3 is 2.82 bits per heavy atom. The van der Waals surface area contributed by atoms with E-state index in [9.17, 15) is 10.1 Å². The molecule has 8 heteroatoms. The Balaban J connectivity index is 1.77. The molecule has 0 aliphatic carbocycles. The number of aromatic nitrogens is 2. The molecule has 2 aromatic heterocycles. The Kier molecular flexibility index (Phi) is 5.96. The first-order valence-electron chi connectivity index (χ1n) is 8.29. The van der Waals surface area contributed by atoms with Crippen molar-refractivity contribution in [2.24, 2.45) is 0 Å². The van der Waals surface area contributed by atoms with Crippen LogP contribution in [0.1, 0.15) is 11.1 Å². The van der Waals surface area contributed by atoms with E-state index in [1.54, 1.807) is 38.7 Å². The quantitative estimate of drug-likeness (QED) is 0.450. The van der Waals surface area contributed by atoms with E-state index in [0.29, 0.717) is 22.7 Å². The number of carbonyl (C=O) groups excluding carboxylic acids is 1. The molecule has 0 unspecified atom stereocenters. The van der Waals surface area contributed by atoms with E-state index in [1.165, 1.54) is 6.08 Å². The van der Waals surface area contributed by atoms with Crippen LogP contribution in [0, 0.1) is 11.3 Å². The summed E-state index contributed by atoms with van der Waals surface area (Å²) in [5, 5.41) is 13.0. The van der Waals surface area contributed by atoms with Crippen LogP contribution in [0.15, 0.2) is 46.7 Å². The molecule has 7 nitrogen and oxygen atoms in total. The smallest absolute Gasteiger partial charge is 0.262 e. The summed E-state index contributed by atoms with van der Waals surface area (Å²) in [6, 6.07) is 9.19. The van der Waals surface area contributed by atoms with Crippen LogP contribution in [-0.4, -0.2) is 30.1 Å². The second-order valence-electron chi connectivity index (χ2n) is 5.84. The molecule has 0 saturated carbocycles. The van der Waals surface area contributed by atoms with E-state index in [0.717, 1.165) is 15.4 Å². The largest absolute Gasteiger partial charge is 0.493 e. The number of hydrogen-bond acceptors (Lipinski definition) is 5. The molecule has 0 saturated heterocycles. The third-order valence-corrected chi connectivity index (χ3v) is 4.53. The first-order valence-corrected chi connectivity index (χ1v) is 9.08. The zero-order valence-electron chi connectivity index (χ0n) is 15.2. The van der Waals surface area contributed by atoms with Gasteiger partial charge in [0.2, 0.25) is 0 Å². The molecule has 0 fully saturated rings. The number of pyridine rings is 1. The van der Waals surface area contributed by atoms with Crippen LogP contribution in [0.25, 0.3) is 17.1 Å². The van der Waals surface area contributed by atoms with E-state index in [1.807, 2.05) is 18.2 Å². The number of halogens is 1. The molecular weight excluding hydrogens is 424 g/mol. The van der Waals surface area contributed by atoms with Crippen LogP contribution in [0.5, 0.6) is 11.5 Å². The number of rotatable bonds is 6. The lowest BCUT2D eigenvalue weighted by Crippen LogP contribution is -2.24. The Bertz CT molecular complexity index is 1100. The minimum absolute atomic E-state index is 0.00125. The second kappa shape index (κ2) is 8.59. The van der Waals surface area contributed by atoms with Crippen molar-refractivity contribution in [1.29, 1.82) is 5.26 Å². The Morgan fingerprint density at radius 1 is 1.32 bits per heavy atom. The number of nitriles is 1. The van der Waals surface area contributed by atoms with Crippen molar-refractivity contribution in [3.8, 4) is 17.6 Å². The van der Waals surface area contributed by atoms with Gasteiger partial charge in [0.25, 0.3) is 5.91 Å². The summed E-state index contributed by atoms with van der Waals surface area (Å²) in [5.74, 6) is 0.714. The maximum atomic E-state index is 12.5. The summed E-state index contributed by atoms with van der Waals surface area (Å²) >= 11 is 3.38. The maximum Gasteiger partial charge on any atom is 0.262 e. The fourth-order valence-corrected chi connectivity index (χ4v) is 3.02. The van der Waals surface area contributed by atoms with Crippen LogP contribution in [0.2, 0.25) is 0 Å². The summed E-state index contributed by atoms with van der Waals surface area (Å²) in [6.07, 6.45) is 4.92. The van der Waals surface area contributed by atoms with Gasteiger partial charge in [-0.3, -0.25) is 4.79 Å². The van der Waals surface area contributed by atoms with E-state index in [-0.39, 0.29) is 12.1 Å². The lowest BCUT2D eigenvalue weighted by molar-refractivity contribution is -0.117. The molecule has 3 rings (SSSR count). The maximum absolute atomic E-state index is 12.5. The lowest BCUT2D eigenvalue weighted by Gasteiger charge is -2.10. The number of carbonyl (C=O) groups is 1. The Morgan fingerprint density at radius 2 is 2.11 bits per heavy atom. The number of nitrogens with zero attached hydrogens (tertiary/aromatic N) is 2. The van der Waals surface area contributed by atoms with Crippen molar-refractivity contribution in [1.82, 2.24) is 15.3 Å². The molecular formula is C20H17BrN4O3. The van der Waals surface area contributed by atoms with Gasteiger partial charge in [0, 0.05) is 34.4 Å². The number of amides is 1. The fourth-order valence-electron chi connectivity index (χ4n) is 2.69. The SMILES string of the molecule is COc1ccc(CNC(=O)/C(C#N)=C/c2c[nH]c3ncc(Br)cc23)cc1OC. The molecule has 142 valence electrons. The molecule has 2 N–H and O–H groups in total. The number of aromatic amines is 1. The number of ether oxygens (including phenoxy) is 2. The molecule has 1 aromatic carbocycles. The minimum Gasteiger partial charge on any atom is -0.493 e. The van der Waals surface area contributed by atoms with Gasteiger partial charge in [0.15, 0.2) is 11.5 Å². The second-order valence-corrected chi connectivity index (χ2v) is 6.75.